The molecule has 0 spiro atoms. The Kier molecular flexibility index (Phi) is 2.67. The van der Waals surface area contributed by atoms with E-state index in [0.717, 1.165) is 5.69 Å². The number of ether oxygens (including phenoxy) is 2. The Morgan fingerprint density at radius 1 is 1.42 bits per heavy atom. The van der Waals surface area contributed by atoms with Gasteiger partial charge in [-0.3, -0.25) is 9.69 Å². The molecule has 1 atom stereocenters. The third kappa shape index (κ3) is 1.83. The first-order chi connectivity index (χ1) is 9.20. The summed E-state index contributed by atoms with van der Waals surface area (Å²) < 4.78 is 11.0. The first kappa shape index (κ1) is 11.7. The summed E-state index contributed by atoms with van der Waals surface area (Å²) in [7, 11) is 0. The van der Waals surface area contributed by atoms with Gasteiger partial charge < -0.3 is 14.8 Å². The van der Waals surface area contributed by atoms with Crippen molar-refractivity contribution in [2.75, 3.05) is 30.0 Å². The lowest BCUT2D eigenvalue weighted by molar-refractivity contribution is -0.119. The lowest BCUT2D eigenvalue weighted by Crippen LogP contribution is -2.46. The monoisotopic (exact) mass is 259 g/mol. The van der Waals surface area contributed by atoms with E-state index in [-0.39, 0.29) is 18.5 Å². The number of carbonyl (C=O) groups excluding carboxylic acids is 1. The Balaban J connectivity index is 2.09. The molecule has 0 bridgehead atoms. The van der Waals surface area contributed by atoms with Gasteiger partial charge in [0.2, 0.25) is 5.91 Å². The highest BCUT2D eigenvalue weighted by atomic mass is 16.6. The van der Waals surface area contributed by atoms with Gasteiger partial charge in [-0.25, -0.2) is 0 Å². The lowest BCUT2D eigenvalue weighted by atomic mass is 10.1. The Labute approximate surface area is 110 Å². The predicted octanol–water partition coefficient (Wildman–Crippen LogP) is 1.13. The van der Waals surface area contributed by atoms with Crippen molar-refractivity contribution in [1.29, 1.82) is 5.26 Å². The minimum Gasteiger partial charge on any atom is -0.486 e. The minimum atomic E-state index is -0.358. The quantitative estimate of drug-likeness (QED) is 0.765. The molecule has 2 aliphatic rings. The maximum atomic E-state index is 12.1. The minimum absolute atomic E-state index is 0.0253. The summed E-state index contributed by atoms with van der Waals surface area (Å²) >= 11 is 0. The fraction of sp³-hybridized carbons (Fsp3) is 0.385. The van der Waals surface area contributed by atoms with E-state index in [0.29, 0.717) is 30.4 Å². The second-order valence-electron chi connectivity index (χ2n) is 4.46. The zero-order valence-corrected chi connectivity index (χ0v) is 10.5. The van der Waals surface area contributed by atoms with Crippen LogP contribution in [0.5, 0.6) is 11.5 Å². The standard InChI is InChI=1S/C13H13N3O3/c1-8-13(17)16(3-2-14)10-7-12-11(6-9(10)15-8)18-4-5-19-12/h6-8,15H,3-5H2,1H3. The van der Waals surface area contributed by atoms with E-state index in [1.54, 1.807) is 13.0 Å². The average molecular weight is 259 g/mol. The van der Waals surface area contributed by atoms with Gasteiger partial charge in [0, 0.05) is 12.1 Å². The van der Waals surface area contributed by atoms with Crippen LogP contribution in [0.4, 0.5) is 11.4 Å². The SMILES string of the molecule is CC1Nc2cc3c(cc2N(CC#N)C1=O)OCCO3. The maximum Gasteiger partial charge on any atom is 0.250 e. The van der Waals surface area contributed by atoms with Crippen molar-refractivity contribution in [3.63, 3.8) is 0 Å². The fourth-order valence-corrected chi connectivity index (χ4v) is 2.30. The molecule has 1 N–H and O–H groups in total. The van der Waals surface area contributed by atoms with Crippen LogP contribution in [-0.4, -0.2) is 31.7 Å². The summed E-state index contributed by atoms with van der Waals surface area (Å²) in [5, 5.41) is 12.0. The van der Waals surface area contributed by atoms with Gasteiger partial charge in [-0.2, -0.15) is 5.26 Å². The Hall–Kier alpha value is -2.42. The van der Waals surface area contributed by atoms with Gasteiger partial charge in [-0.05, 0) is 6.92 Å². The van der Waals surface area contributed by atoms with Gasteiger partial charge in [0.1, 0.15) is 25.8 Å². The number of benzene rings is 1. The maximum absolute atomic E-state index is 12.1. The lowest BCUT2D eigenvalue weighted by Gasteiger charge is -2.33. The van der Waals surface area contributed by atoms with Crippen LogP contribution in [0, 0.1) is 11.3 Å². The number of carbonyl (C=O) groups is 1. The first-order valence-electron chi connectivity index (χ1n) is 6.09. The van der Waals surface area contributed by atoms with Crippen LogP contribution in [0.2, 0.25) is 0 Å². The molecule has 19 heavy (non-hydrogen) atoms. The van der Waals surface area contributed by atoms with Crippen molar-refractivity contribution in [2.45, 2.75) is 13.0 Å². The summed E-state index contributed by atoms with van der Waals surface area (Å²) in [6.45, 7) is 2.80. The van der Waals surface area contributed by atoms with Crippen molar-refractivity contribution in [3.8, 4) is 17.6 Å². The molecule has 1 unspecified atom stereocenters. The number of fused-ring (bicyclic) bond motifs is 2. The van der Waals surface area contributed by atoms with Crippen molar-refractivity contribution >= 4 is 17.3 Å². The van der Waals surface area contributed by atoms with Crippen LogP contribution in [0.1, 0.15) is 6.92 Å². The smallest absolute Gasteiger partial charge is 0.250 e. The van der Waals surface area contributed by atoms with Gasteiger partial charge >= 0.3 is 0 Å². The molecule has 1 amide bonds. The molecule has 0 saturated carbocycles. The van der Waals surface area contributed by atoms with Crippen molar-refractivity contribution in [1.82, 2.24) is 0 Å². The number of nitriles is 1. The molecule has 1 aromatic carbocycles. The molecule has 0 aromatic heterocycles. The molecule has 0 radical (unpaired) electrons. The van der Waals surface area contributed by atoms with Crippen molar-refractivity contribution in [3.05, 3.63) is 12.1 Å². The zero-order valence-electron chi connectivity index (χ0n) is 10.5. The summed E-state index contributed by atoms with van der Waals surface area (Å²) in [5.74, 6) is 1.15. The Morgan fingerprint density at radius 2 is 2.11 bits per heavy atom. The molecule has 6 heteroatoms. The molecule has 1 aromatic rings. The molecule has 0 aliphatic carbocycles. The van der Waals surface area contributed by atoms with Crippen LogP contribution in [0.25, 0.3) is 0 Å². The van der Waals surface area contributed by atoms with Crippen molar-refractivity contribution in [2.24, 2.45) is 0 Å². The molecular weight excluding hydrogens is 246 g/mol. The molecular formula is C13H13N3O3. The van der Waals surface area contributed by atoms with E-state index in [9.17, 15) is 4.79 Å². The molecule has 0 saturated heterocycles. The van der Waals surface area contributed by atoms with E-state index in [2.05, 4.69) is 5.32 Å². The highest BCUT2D eigenvalue weighted by Gasteiger charge is 2.31. The second-order valence-corrected chi connectivity index (χ2v) is 4.46. The average Bonchev–Trinajstić information content (AvgIpc) is 2.42. The van der Waals surface area contributed by atoms with Gasteiger partial charge in [-0.15, -0.1) is 0 Å². The van der Waals surface area contributed by atoms with Gasteiger partial charge in [0.25, 0.3) is 0 Å². The number of rotatable bonds is 1. The van der Waals surface area contributed by atoms with Crippen LogP contribution < -0.4 is 19.7 Å². The highest BCUT2D eigenvalue weighted by molar-refractivity contribution is 6.05. The van der Waals surface area contributed by atoms with Crippen LogP contribution >= 0.6 is 0 Å². The molecule has 3 rings (SSSR count). The Morgan fingerprint density at radius 3 is 2.79 bits per heavy atom. The van der Waals surface area contributed by atoms with Crippen LogP contribution in [0.15, 0.2) is 12.1 Å². The van der Waals surface area contributed by atoms with E-state index in [1.807, 2.05) is 12.1 Å². The number of hydrogen-bond donors (Lipinski definition) is 1. The number of nitrogens with zero attached hydrogens (tertiary/aromatic N) is 2. The predicted molar refractivity (Wildman–Crippen MR) is 68.5 cm³/mol. The van der Waals surface area contributed by atoms with Crippen LogP contribution in [0.3, 0.4) is 0 Å². The summed E-state index contributed by atoms with van der Waals surface area (Å²) in [5.41, 5.74) is 1.44. The van der Waals surface area contributed by atoms with E-state index in [1.165, 1.54) is 4.90 Å². The van der Waals surface area contributed by atoms with Gasteiger partial charge in [0.15, 0.2) is 11.5 Å². The highest BCUT2D eigenvalue weighted by Crippen LogP contribution is 2.42. The number of amides is 1. The summed E-state index contributed by atoms with van der Waals surface area (Å²) in [4.78, 5) is 13.6. The number of hydrogen-bond acceptors (Lipinski definition) is 5. The topological polar surface area (TPSA) is 74.6 Å². The van der Waals surface area contributed by atoms with Crippen molar-refractivity contribution < 1.29 is 14.3 Å². The molecule has 6 nitrogen and oxygen atoms in total. The third-order valence-electron chi connectivity index (χ3n) is 3.19. The molecule has 2 aliphatic heterocycles. The van der Waals surface area contributed by atoms with E-state index < -0.39 is 0 Å². The molecule has 98 valence electrons. The zero-order chi connectivity index (χ0) is 13.4. The summed E-state index contributed by atoms with van der Waals surface area (Å²) in [6, 6.07) is 5.22. The molecule has 2 heterocycles. The van der Waals surface area contributed by atoms with E-state index in [4.69, 9.17) is 14.7 Å². The van der Waals surface area contributed by atoms with Gasteiger partial charge in [-0.1, -0.05) is 0 Å². The third-order valence-corrected chi connectivity index (χ3v) is 3.19. The number of anilines is 2. The molecule has 0 fully saturated rings. The largest absolute Gasteiger partial charge is 0.486 e. The summed E-state index contributed by atoms with van der Waals surface area (Å²) in [6.07, 6.45) is 0. The van der Waals surface area contributed by atoms with E-state index >= 15 is 0 Å². The second kappa shape index (κ2) is 4.35. The van der Waals surface area contributed by atoms with Crippen LogP contribution in [-0.2, 0) is 4.79 Å². The first-order valence-corrected chi connectivity index (χ1v) is 6.09. The fourth-order valence-electron chi connectivity index (χ4n) is 2.30. The Bertz CT molecular complexity index is 579. The normalized spacial score (nSPS) is 20.3. The van der Waals surface area contributed by atoms with Gasteiger partial charge in [0.05, 0.1) is 17.4 Å². The number of nitrogens with one attached hydrogen (secondary N) is 1.